The summed E-state index contributed by atoms with van der Waals surface area (Å²) in [4.78, 5) is 62.0. The first kappa shape index (κ1) is 64.5. The number of aliphatic hydroxyl groups is 4. The largest absolute Gasteiger partial charge is 0.481 e. The van der Waals surface area contributed by atoms with Gasteiger partial charge in [-0.25, -0.2) is 13.9 Å². The van der Waals surface area contributed by atoms with Crippen molar-refractivity contribution in [3.8, 4) is 0 Å². The van der Waals surface area contributed by atoms with E-state index < -0.39 is 95.9 Å². The molecule has 0 spiro atoms. The third kappa shape index (κ3) is 29.9. The number of nitrogens with two attached hydrogens (primary N) is 1. The van der Waals surface area contributed by atoms with Crippen molar-refractivity contribution >= 4 is 33.4 Å². The highest BCUT2D eigenvalue weighted by atomic mass is 31.3. The summed E-state index contributed by atoms with van der Waals surface area (Å²) >= 11 is 0. The molecule has 1 aromatic rings. The molecule has 0 bridgehead atoms. The molecule has 0 saturated carbocycles. The fourth-order valence-electron chi connectivity index (χ4n) is 7.22. The SMILES string of the molecule is CC/C=C\C/C=C\C/C=C\C/C=C\C[C@@H](O)[C@H](O)CCCC(=O)O[C@H](COC(=O)CCCCCCCCC/C=C\CCCCCC)COP(=O)(O)OP(=O)(O)OC[C@H]1O[C@@H](n2ccc(N)nc2=O)[C@H](O)[C@@H]1O. The molecule has 8 N–H and O–H groups in total. The fraction of sp³-hybridized carbons (Fsp3) is 0.680. The van der Waals surface area contributed by atoms with Crippen LogP contribution in [0.25, 0.3) is 0 Å². The van der Waals surface area contributed by atoms with Crippen LogP contribution in [-0.2, 0) is 46.3 Å². The van der Waals surface area contributed by atoms with Gasteiger partial charge in [-0.05, 0) is 83.1 Å². The predicted molar refractivity (Wildman–Crippen MR) is 273 cm³/mol. The maximum absolute atomic E-state index is 12.9. The number of rotatable bonds is 41. The summed E-state index contributed by atoms with van der Waals surface area (Å²) in [6.45, 7) is 1.74. The first-order chi connectivity index (χ1) is 34.5. The van der Waals surface area contributed by atoms with Crippen LogP contribution in [0.2, 0.25) is 0 Å². The Morgan fingerprint density at radius 1 is 0.736 bits per heavy atom. The molecule has 1 aromatic heterocycles. The van der Waals surface area contributed by atoms with Crippen LogP contribution >= 0.6 is 15.6 Å². The van der Waals surface area contributed by atoms with Crippen molar-refractivity contribution in [1.82, 2.24) is 9.55 Å². The number of phosphoric acid groups is 2. The van der Waals surface area contributed by atoms with Gasteiger partial charge in [0.15, 0.2) is 12.3 Å². The first-order valence-corrected chi connectivity index (χ1v) is 28.5. The molecule has 2 rings (SSSR count). The fourth-order valence-corrected chi connectivity index (χ4v) is 9.33. The number of nitrogens with zero attached hydrogens (tertiary/aromatic N) is 2. The van der Waals surface area contributed by atoms with E-state index in [4.69, 9.17) is 29.0 Å². The van der Waals surface area contributed by atoms with Crippen LogP contribution in [-0.4, -0.2) is 108 Å². The summed E-state index contributed by atoms with van der Waals surface area (Å²) in [7, 11) is -11.0. The Bertz CT molecular complexity index is 1980. The lowest BCUT2D eigenvalue weighted by atomic mass is 10.0. The van der Waals surface area contributed by atoms with Gasteiger partial charge in [-0.15, -0.1) is 0 Å². The summed E-state index contributed by atoms with van der Waals surface area (Å²) in [6.07, 6.45) is 28.9. The molecular formula is C50H83N3O17P2. The topological polar surface area (TPSA) is 306 Å². The van der Waals surface area contributed by atoms with E-state index in [0.29, 0.717) is 12.8 Å². The number of aliphatic hydroxyl groups excluding tert-OH is 4. The number of anilines is 1. The molecule has 0 radical (unpaired) electrons. The second-order valence-electron chi connectivity index (χ2n) is 17.6. The molecule has 1 aliphatic rings. The number of nitrogen functional groups attached to an aromatic ring is 1. The third-order valence-corrected chi connectivity index (χ3v) is 13.9. The van der Waals surface area contributed by atoms with Crippen LogP contribution < -0.4 is 11.4 Å². The molecule has 2 unspecified atom stereocenters. The molecule has 20 nitrogen and oxygen atoms in total. The van der Waals surface area contributed by atoms with Crippen LogP contribution in [0, 0.1) is 0 Å². The number of unbranched alkanes of at least 4 members (excludes halogenated alkanes) is 11. The minimum Gasteiger partial charge on any atom is -0.462 e. The molecule has 1 aliphatic heterocycles. The standard InChI is InChI=1S/C50H83N3O17P2/c1-3-5-7-9-11-13-15-17-18-19-21-23-25-27-29-33-45(56)65-37-40(68-46(57)34-30-32-42(55)41(54)31-28-26-24-22-20-16-14-12-10-8-6-4-2)38-66-71(61,62)70-72(63,64)67-39-43-47(58)48(59)49(69-43)53-36-35-44(51)52-50(53)60/h6,8,12-15,20,22,26,28,35-36,40-43,47-49,54-55,58-59H,3-5,7,9-11,16-19,21,23-25,27,29-34,37-39H2,1-2H3,(H,61,62)(H,63,64)(H2,51,52,60)/b8-6-,14-12-,15-13-,22-20-,28-26-/t40-,41-,42-,43-,47-,48-,49-/m1/s1. The molecule has 0 amide bonds. The van der Waals surface area contributed by atoms with Crippen molar-refractivity contribution in [2.45, 2.75) is 198 Å². The number of hydrogen-bond acceptors (Lipinski definition) is 17. The molecule has 72 heavy (non-hydrogen) atoms. The molecule has 2 heterocycles. The van der Waals surface area contributed by atoms with Crippen LogP contribution in [0.4, 0.5) is 5.82 Å². The Balaban J connectivity index is 1.88. The van der Waals surface area contributed by atoms with Crippen molar-refractivity contribution in [2.75, 3.05) is 25.6 Å². The minimum absolute atomic E-state index is 0.0294. The number of phosphoric ester groups is 2. The zero-order chi connectivity index (χ0) is 53.0. The highest BCUT2D eigenvalue weighted by molar-refractivity contribution is 7.61. The molecule has 0 aromatic carbocycles. The molecule has 1 fully saturated rings. The van der Waals surface area contributed by atoms with Gasteiger partial charge in [0.2, 0.25) is 0 Å². The lowest BCUT2D eigenvalue weighted by molar-refractivity contribution is -0.161. The zero-order valence-corrected chi connectivity index (χ0v) is 44.0. The molecule has 0 aliphatic carbocycles. The average Bonchev–Trinajstić information content (AvgIpc) is 3.61. The first-order valence-electron chi connectivity index (χ1n) is 25.5. The Hall–Kier alpha value is -3.62. The summed E-state index contributed by atoms with van der Waals surface area (Å²) in [5.41, 5.74) is 4.56. The van der Waals surface area contributed by atoms with Crippen molar-refractivity contribution < 1.29 is 76.5 Å². The molecule has 22 heteroatoms. The predicted octanol–water partition coefficient (Wildman–Crippen LogP) is 8.28. The highest BCUT2D eigenvalue weighted by Gasteiger charge is 2.46. The number of hydrogen-bond donors (Lipinski definition) is 7. The second kappa shape index (κ2) is 38.0. The van der Waals surface area contributed by atoms with Crippen molar-refractivity contribution in [2.24, 2.45) is 0 Å². The number of carbonyl (C=O) groups is 2. The van der Waals surface area contributed by atoms with E-state index in [-0.39, 0.29) is 37.9 Å². The van der Waals surface area contributed by atoms with Crippen LogP contribution in [0.1, 0.15) is 161 Å². The van der Waals surface area contributed by atoms with E-state index in [1.807, 2.05) is 18.2 Å². The third-order valence-electron chi connectivity index (χ3n) is 11.3. The van der Waals surface area contributed by atoms with Gasteiger partial charge < -0.3 is 50.2 Å². The van der Waals surface area contributed by atoms with Crippen molar-refractivity contribution in [1.29, 1.82) is 0 Å². The number of aromatic nitrogens is 2. The van der Waals surface area contributed by atoms with Crippen molar-refractivity contribution in [3.63, 3.8) is 0 Å². The van der Waals surface area contributed by atoms with Crippen LogP contribution in [0.15, 0.2) is 77.8 Å². The average molecular weight is 1060 g/mol. The number of ether oxygens (including phenoxy) is 3. The number of esters is 2. The molecule has 9 atom stereocenters. The van der Waals surface area contributed by atoms with Gasteiger partial charge in [0.05, 0.1) is 25.4 Å². The highest BCUT2D eigenvalue weighted by Crippen LogP contribution is 2.60. The Kier molecular flexibility index (Phi) is 34.0. The van der Waals surface area contributed by atoms with Gasteiger partial charge in [-0.3, -0.25) is 23.2 Å². The van der Waals surface area contributed by atoms with Crippen LogP contribution in [0.3, 0.4) is 0 Å². The number of allylic oxidation sites excluding steroid dienone is 9. The molecular weight excluding hydrogens is 977 g/mol. The monoisotopic (exact) mass is 1060 g/mol. The van der Waals surface area contributed by atoms with Crippen molar-refractivity contribution in [3.05, 3.63) is 83.5 Å². The lowest BCUT2D eigenvalue weighted by Gasteiger charge is -2.22. The Morgan fingerprint density at radius 3 is 1.93 bits per heavy atom. The minimum atomic E-state index is -5.50. The molecule has 1 saturated heterocycles. The van der Waals surface area contributed by atoms with E-state index in [9.17, 15) is 53.7 Å². The number of carbonyl (C=O) groups excluding carboxylic acids is 2. The van der Waals surface area contributed by atoms with E-state index in [0.717, 1.165) is 81.4 Å². The van der Waals surface area contributed by atoms with Crippen LogP contribution in [0.5, 0.6) is 0 Å². The molecule has 410 valence electrons. The van der Waals surface area contributed by atoms with Gasteiger partial charge in [0.25, 0.3) is 0 Å². The summed E-state index contributed by atoms with van der Waals surface area (Å²) in [5, 5.41) is 41.8. The maximum Gasteiger partial charge on any atom is 0.481 e. The van der Waals surface area contributed by atoms with E-state index in [1.54, 1.807) is 6.08 Å². The van der Waals surface area contributed by atoms with E-state index >= 15 is 0 Å². The van der Waals surface area contributed by atoms with Gasteiger partial charge >= 0.3 is 33.3 Å². The second-order valence-corrected chi connectivity index (χ2v) is 20.6. The van der Waals surface area contributed by atoms with Gasteiger partial charge in [0.1, 0.15) is 30.7 Å². The summed E-state index contributed by atoms with van der Waals surface area (Å²) < 4.78 is 56.5. The Morgan fingerprint density at radius 2 is 1.31 bits per heavy atom. The summed E-state index contributed by atoms with van der Waals surface area (Å²) in [6, 6.07) is 1.23. The van der Waals surface area contributed by atoms with E-state index in [1.165, 1.54) is 31.7 Å². The van der Waals surface area contributed by atoms with Gasteiger partial charge in [0, 0.05) is 19.0 Å². The Labute approximate surface area is 425 Å². The smallest absolute Gasteiger partial charge is 0.462 e. The summed E-state index contributed by atoms with van der Waals surface area (Å²) in [5.74, 6) is -1.61. The van der Waals surface area contributed by atoms with E-state index in [2.05, 4.69) is 59.6 Å². The van der Waals surface area contributed by atoms with Gasteiger partial charge in [-0.2, -0.15) is 9.29 Å². The maximum atomic E-state index is 12.9. The zero-order valence-electron chi connectivity index (χ0n) is 42.2. The lowest BCUT2D eigenvalue weighted by Crippen LogP contribution is -2.36. The van der Waals surface area contributed by atoms with Gasteiger partial charge in [-0.1, -0.05) is 126 Å². The quantitative estimate of drug-likeness (QED) is 0.0140. The normalized spacial score (nSPS) is 20.4.